The summed E-state index contributed by atoms with van der Waals surface area (Å²) in [5, 5.41) is 11.3. The number of carbonyl (C=O) groups is 1. The second kappa shape index (κ2) is 8.13. The molecule has 24 heavy (non-hydrogen) atoms. The average molecular weight is 367 g/mol. The Labute approximate surface area is 149 Å². The third-order valence-corrected chi connectivity index (χ3v) is 5.95. The van der Waals surface area contributed by atoms with Gasteiger partial charge in [0.2, 0.25) is 5.91 Å². The SMILES string of the molecule is COCCNC(=O)CSc1nnc(-c2cc3c(s2)CCC(C)C3)o1. The molecule has 3 rings (SSSR count). The normalized spacial score (nSPS) is 16.8. The summed E-state index contributed by atoms with van der Waals surface area (Å²) < 4.78 is 10.6. The lowest BCUT2D eigenvalue weighted by molar-refractivity contribution is -0.118. The zero-order chi connectivity index (χ0) is 16.9. The molecule has 1 amide bonds. The molecule has 0 saturated carbocycles. The first-order valence-corrected chi connectivity index (χ1v) is 9.80. The molecule has 1 aliphatic carbocycles. The Morgan fingerprint density at radius 1 is 1.54 bits per heavy atom. The van der Waals surface area contributed by atoms with Crippen LogP contribution in [-0.2, 0) is 22.4 Å². The van der Waals surface area contributed by atoms with Gasteiger partial charge in [-0.15, -0.1) is 21.5 Å². The fraction of sp³-hybridized carbons (Fsp3) is 0.562. The molecule has 1 unspecified atom stereocenters. The highest BCUT2D eigenvalue weighted by atomic mass is 32.2. The number of thioether (sulfide) groups is 1. The minimum Gasteiger partial charge on any atom is -0.410 e. The van der Waals surface area contributed by atoms with Crippen LogP contribution in [0.15, 0.2) is 15.7 Å². The summed E-state index contributed by atoms with van der Waals surface area (Å²) in [6.07, 6.45) is 3.51. The van der Waals surface area contributed by atoms with Gasteiger partial charge in [-0.1, -0.05) is 18.7 Å². The molecule has 1 N–H and O–H groups in total. The van der Waals surface area contributed by atoms with Gasteiger partial charge in [-0.25, -0.2) is 0 Å². The number of fused-ring (bicyclic) bond motifs is 1. The number of methoxy groups -OCH3 is 1. The molecule has 1 atom stereocenters. The van der Waals surface area contributed by atoms with Crippen LogP contribution in [0.4, 0.5) is 0 Å². The molecule has 2 aromatic heterocycles. The van der Waals surface area contributed by atoms with Crippen LogP contribution in [0, 0.1) is 5.92 Å². The van der Waals surface area contributed by atoms with Crippen LogP contribution in [0.2, 0.25) is 0 Å². The largest absolute Gasteiger partial charge is 0.410 e. The quantitative estimate of drug-likeness (QED) is 0.599. The Balaban J connectivity index is 1.57. The zero-order valence-electron chi connectivity index (χ0n) is 13.8. The lowest BCUT2D eigenvalue weighted by Gasteiger charge is -2.16. The topological polar surface area (TPSA) is 77.2 Å². The molecule has 0 aliphatic heterocycles. The van der Waals surface area contributed by atoms with E-state index in [4.69, 9.17) is 9.15 Å². The van der Waals surface area contributed by atoms with Gasteiger partial charge < -0.3 is 14.5 Å². The molecule has 0 fully saturated rings. The van der Waals surface area contributed by atoms with Crippen LogP contribution in [0.25, 0.3) is 10.8 Å². The number of aromatic nitrogens is 2. The average Bonchev–Trinajstić information content (AvgIpc) is 3.19. The summed E-state index contributed by atoms with van der Waals surface area (Å²) in [5.41, 5.74) is 1.42. The van der Waals surface area contributed by atoms with Gasteiger partial charge in [-0.3, -0.25) is 4.79 Å². The van der Waals surface area contributed by atoms with Crippen molar-refractivity contribution in [3.05, 3.63) is 16.5 Å². The van der Waals surface area contributed by atoms with Crippen molar-refractivity contribution in [2.75, 3.05) is 26.0 Å². The molecule has 2 heterocycles. The molecule has 8 heteroatoms. The van der Waals surface area contributed by atoms with E-state index in [-0.39, 0.29) is 11.7 Å². The molecule has 0 bridgehead atoms. The minimum absolute atomic E-state index is 0.0719. The van der Waals surface area contributed by atoms with Gasteiger partial charge in [0.15, 0.2) is 0 Å². The van der Waals surface area contributed by atoms with Crippen molar-refractivity contribution in [3.63, 3.8) is 0 Å². The predicted molar refractivity (Wildman–Crippen MR) is 94.4 cm³/mol. The Morgan fingerprint density at radius 3 is 3.25 bits per heavy atom. The number of aryl methyl sites for hydroxylation is 1. The third kappa shape index (κ3) is 4.37. The van der Waals surface area contributed by atoms with Gasteiger partial charge >= 0.3 is 0 Å². The number of amides is 1. The lowest BCUT2D eigenvalue weighted by atomic mass is 9.90. The van der Waals surface area contributed by atoms with E-state index in [1.807, 2.05) is 0 Å². The number of thiophene rings is 1. The van der Waals surface area contributed by atoms with E-state index in [0.717, 1.165) is 23.6 Å². The van der Waals surface area contributed by atoms with E-state index in [2.05, 4.69) is 28.5 Å². The van der Waals surface area contributed by atoms with E-state index < -0.39 is 0 Å². The second-order valence-corrected chi connectivity index (χ2v) is 7.97. The van der Waals surface area contributed by atoms with E-state index in [1.165, 1.54) is 28.6 Å². The molecule has 6 nitrogen and oxygen atoms in total. The lowest BCUT2D eigenvalue weighted by Crippen LogP contribution is -2.28. The molecule has 1 aliphatic rings. The standard InChI is InChI=1S/C16H21N3O3S2/c1-10-3-4-12-11(7-10)8-13(24-12)15-18-19-16(22-15)23-9-14(20)17-5-6-21-2/h8,10H,3-7,9H2,1-2H3,(H,17,20). The van der Waals surface area contributed by atoms with Crippen molar-refractivity contribution in [2.45, 2.75) is 31.4 Å². The maximum atomic E-state index is 11.7. The molecule has 0 aromatic carbocycles. The Hall–Kier alpha value is -1.38. The van der Waals surface area contributed by atoms with Crippen LogP contribution in [0.3, 0.4) is 0 Å². The van der Waals surface area contributed by atoms with E-state index in [9.17, 15) is 4.79 Å². The van der Waals surface area contributed by atoms with Crippen molar-refractivity contribution in [3.8, 4) is 10.8 Å². The van der Waals surface area contributed by atoms with Gasteiger partial charge in [-0.05, 0) is 36.8 Å². The van der Waals surface area contributed by atoms with E-state index in [0.29, 0.717) is 24.3 Å². The Bertz CT molecular complexity index is 699. The number of nitrogens with zero attached hydrogens (tertiary/aromatic N) is 2. The highest BCUT2D eigenvalue weighted by Crippen LogP contribution is 2.37. The van der Waals surface area contributed by atoms with Gasteiger partial charge in [0.1, 0.15) is 0 Å². The highest BCUT2D eigenvalue weighted by Gasteiger charge is 2.21. The predicted octanol–water partition coefficient (Wildman–Crippen LogP) is 2.78. The minimum atomic E-state index is -0.0719. The maximum absolute atomic E-state index is 11.7. The second-order valence-electron chi connectivity index (χ2n) is 5.91. The fourth-order valence-electron chi connectivity index (χ4n) is 2.65. The maximum Gasteiger partial charge on any atom is 0.277 e. The van der Waals surface area contributed by atoms with Crippen LogP contribution in [0.1, 0.15) is 23.8 Å². The first kappa shape index (κ1) is 17.4. The highest BCUT2D eigenvalue weighted by molar-refractivity contribution is 7.99. The molecule has 2 aromatic rings. The monoisotopic (exact) mass is 367 g/mol. The van der Waals surface area contributed by atoms with Crippen LogP contribution >= 0.6 is 23.1 Å². The van der Waals surface area contributed by atoms with Crippen molar-refractivity contribution >= 4 is 29.0 Å². The number of rotatable bonds is 7. The van der Waals surface area contributed by atoms with Crippen LogP contribution in [-0.4, -0.2) is 42.1 Å². The van der Waals surface area contributed by atoms with Crippen molar-refractivity contribution in [2.24, 2.45) is 5.92 Å². The first-order valence-electron chi connectivity index (χ1n) is 7.99. The number of carbonyl (C=O) groups excluding carboxylic acids is 1. The summed E-state index contributed by atoms with van der Waals surface area (Å²) in [6, 6.07) is 2.18. The first-order chi connectivity index (χ1) is 11.7. The van der Waals surface area contributed by atoms with Gasteiger partial charge in [0.05, 0.1) is 17.2 Å². The molecule has 130 valence electrons. The fourth-order valence-corrected chi connectivity index (χ4v) is 4.37. The smallest absolute Gasteiger partial charge is 0.277 e. The van der Waals surface area contributed by atoms with Crippen LogP contribution in [0.5, 0.6) is 0 Å². The summed E-state index contributed by atoms with van der Waals surface area (Å²) in [4.78, 5) is 14.1. The van der Waals surface area contributed by atoms with Crippen molar-refractivity contribution in [1.29, 1.82) is 0 Å². The van der Waals surface area contributed by atoms with Crippen LogP contribution < -0.4 is 5.32 Å². The number of hydrogen-bond donors (Lipinski definition) is 1. The van der Waals surface area contributed by atoms with Gasteiger partial charge in [0, 0.05) is 18.5 Å². The Kier molecular flexibility index (Phi) is 5.91. The Morgan fingerprint density at radius 2 is 2.42 bits per heavy atom. The molecule has 0 saturated heterocycles. The van der Waals surface area contributed by atoms with Gasteiger partial charge in [0.25, 0.3) is 11.1 Å². The molecule has 0 radical (unpaired) electrons. The summed E-state index contributed by atoms with van der Waals surface area (Å²) in [6.45, 7) is 3.30. The number of nitrogens with one attached hydrogen (secondary N) is 1. The zero-order valence-corrected chi connectivity index (χ0v) is 15.5. The molecule has 0 spiro atoms. The number of ether oxygens (including phenoxy) is 1. The molecular formula is C16H21N3O3S2. The van der Waals surface area contributed by atoms with Crippen molar-refractivity contribution < 1.29 is 13.9 Å². The summed E-state index contributed by atoms with van der Waals surface area (Å²) >= 11 is 2.99. The number of hydrogen-bond acceptors (Lipinski definition) is 7. The summed E-state index contributed by atoms with van der Waals surface area (Å²) in [7, 11) is 1.60. The van der Waals surface area contributed by atoms with Crippen molar-refractivity contribution in [1.82, 2.24) is 15.5 Å². The molecular weight excluding hydrogens is 346 g/mol. The van der Waals surface area contributed by atoms with E-state index in [1.54, 1.807) is 18.4 Å². The third-order valence-electron chi connectivity index (χ3n) is 3.90. The van der Waals surface area contributed by atoms with Gasteiger partial charge in [-0.2, -0.15) is 0 Å². The van der Waals surface area contributed by atoms with E-state index >= 15 is 0 Å². The summed E-state index contributed by atoms with van der Waals surface area (Å²) in [5.74, 6) is 1.47.